The van der Waals surface area contributed by atoms with Crippen LogP contribution in [0.4, 0.5) is 0 Å². The third kappa shape index (κ3) is 2.19. The van der Waals surface area contributed by atoms with Crippen LogP contribution in [0.15, 0.2) is 34.7 Å². The molecule has 2 N–H and O–H groups in total. The van der Waals surface area contributed by atoms with Gasteiger partial charge in [-0.25, -0.2) is 0 Å². The molecule has 5 heteroatoms. The Morgan fingerprint density at radius 2 is 1.48 bits per heavy atom. The molecule has 0 amide bonds. The summed E-state index contributed by atoms with van der Waals surface area (Å²) < 4.78 is 5.99. The van der Waals surface area contributed by atoms with Crippen molar-refractivity contribution in [1.82, 2.24) is 0 Å². The topological polar surface area (TPSA) is 53.6 Å². The van der Waals surface area contributed by atoms with Gasteiger partial charge in [-0.15, -0.1) is 0 Å². The number of halogens is 2. The quantitative estimate of drug-likeness (QED) is 0.357. The van der Waals surface area contributed by atoms with Gasteiger partial charge in [0.15, 0.2) is 5.58 Å². The Labute approximate surface area is 154 Å². The standard InChI is InChI=1S/C20H16Cl2O3/c1-20(2,3)12-8-11-13-14(21)16(23)9-6-4-5-7-10(9)18(13)25-19(11)15(22)17(12)24/h4-8,23-24H,1-3H3. The van der Waals surface area contributed by atoms with Gasteiger partial charge in [-0.3, -0.25) is 0 Å². The molecule has 0 fully saturated rings. The first-order valence-electron chi connectivity index (χ1n) is 7.89. The number of furan rings is 1. The van der Waals surface area contributed by atoms with Gasteiger partial charge in [-0.05, 0) is 11.5 Å². The van der Waals surface area contributed by atoms with Crippen LogP contribution in [0.3, 0.4) is 0 Å². The van der Waals surface area contributed by atoms with Crippen LogP contribution in [0.5, 0.6) is 11.5 Å². The lowest BCUT2D eigenvalue weighted by Crippen LogP contribution is -2.11. The number of rotatable bonds is 0. The third-order valence-corrected chi connectivity index (χ3v) is 5.28. The van der Waals surface area contributed by atoms with E-state index in [0.717, 1.165) is 5.39 Å². The fraction of sp³-hybridized carbons (Fsp3) is 0.200. The Bertz CT molecular complexity index is 1170. The van der Waals surface area contributed by atoms with E-state index < -0.39 is 0 Å². The minimum absolute atomic E-state index is 0.00497. The lowest BCUT2D eigenvalue weighted by molar-refractivity contribution is 0.447. The Kier molecular flexibility index (Phi) is 3.40. The molecule has 3 aromatic carbocycles. The van der Waals surface area contributed by atoms with Crippen LogP contribution in [0.25, 0.3) is 32.7 Å². The van der Waals surface area contributed by atoms with E-state index in [4.69, 9.17) is 27.6 Å². The van der Waals surface area contributed by atoms with Gasteiger partial charge in [-0.2, -0.15) is 0 Å². The molecule has 25 heavy (non-hydrogen) atoms. The predicted molar refractivity (Wildman–Crippen MR) is 103 cm³/mol. The number of benzene rings is 3. The molecule has 0 saturated heterocycles. The third-order valence-electron chi connectivity index (χ3n) is 4.56. The van der Waals surface area contributed by atoms with Crippen molar-refractivity contribution < 1.29 is 14.6 Å². The number of phenolic OH excluding ortho intramolecular Hbond substituents is 2. The molecule has 0 unspecified atom stereocenters. The summed E-state index contributed by atoms with van der Waals surface area (Å²) in [5, 5.41) is 24.0. The second-order valence-electron chi connectivity index (χ2n) is 7.23. The fourth-order valence-corrected chi connectivity index (χ4v) is 3.82. The highest BCUT2D eigenvalue weighted by molar-refractivity contribution is 6.43. The Hall–Kier alpha value is -2.10. The van der Waals surface area contributed by atoms with Gasteiger partial charge in [0.2, 0.25) is 0 Å². The molecule has 0 atom stereocenters. The lowest BCUT2D eigenvalue weighted by atomic mass is 9.85. The molecular weight excluding hydrogens is 359 g/mol. The average molecular weight is 375 g/mol. The fourth-order valence-electron chi connectivity index (χ4n) is 3.29. The van der Waals surface area contributed by atoms with E-state index in [1.807, 2.05) is 45.0 Å². The SMILES string of the molecule is CC(C)(C)c1cc2c(oc3c4ccccc4c(O)c(Cl)c23)c(Cl)c1O. The zero-order valence-electron chi connectivity index (χ0n) is 13.9. The largest absolute Gasteiger partial charge is 0.506 e. The van der Waals surface area contributed by atoms with Crippen molar-refractivity contribution in [2.75, 3.05) is 0 Å². The molecule has 4 rings (SSSR count). The molecule has 3 nitrogen and oxygen atoms in total. The summed E-state index contributed by atoms with van der Waals surface area (Å²) in [4.78, 5) is 0. The van der Waals surface area contributed by atoms with Crippen LogP contribution in [0.1, 0.15) is 26.3 Å². The molecular formula is C20H16Cl2O3. The van der Waals surface area contributed by atoms with Crippen molar-refractivity contribution in [3.8, 4) is 11.5 Å². The number of phenols is 2. The maximum Gasteiger partial charge on any atom is 0.157 e. The second-order valence-corrected chi connectivity index (χ2v) is 7.98. The Balaban J connectivity index is 2.31. The summed E-state index contributed by atoms with van der Waals surface area (Å²) in [6.45, 7) is 5.96. The molecule has 1 aromatic heterocycles. The summed E-state index contributed by atoms with van der Waals surface area (Å²) >= 11 is 12.9. The molecule has 0 aliphatic carbocycles. The smallest absolute Gasteiger partial charge is 0.157 e. The molecule has 4 aromatic rings. The van der Waals surface area contributed by atoms with Gasteiger partial charge in [0.1, 0.15) is 22.1 Å². The highest BCUT2D eigenvalue weighted by atomic mass is 35.5. The van der Waals surface area contributed by atoms with Crippen LogP contribution in [-0.4, -0.2) is 10.2 Å². The van der Waals surface area contributed by atoms with Crippen molar-refractivity contribution >= 4 is 55.9 Å². The van der Waals surface area contributed by atoms with E-state index >= 15 is 0 Å². The van der Waals surface area contributed by atoms with E-state index in [1.54, 1.807) is 6.07 Å². The highest BCUT2D eigenvalue weighted by Crippen LogP contribution is 2.49. The number of hydrogen-bond donors (Lipinski definition) is 2. The lowest BCUT2D eigenvalue weighted by Gasteiger charge is -2.21. The van der Waals surface area contributed by atoms with Crippen molar-refractivity contribution in [1.29, 1.82) is 0 Å². The van der Waals surface area contributed by atoms with Crippen LogP contribution in [0, 0.1) is 0 Å². The second kappa shape index (κ2) is 5.20. The van der Waals surface area contributed by atoms with Crippen molar-refractivity contribution in [2.24, 2.45) is 0 Å². The van der Waals surface area contributed by atoms with Gasteiger partial charge >= 0.3 is 0 Å². The maximum absolute atomic E-state index is 10.5. The van der Waals surface area contributed by atoms with Crippen molar-refractivity contribution in [3.05, 3.63) is 45.9 Å². The summed E-state index contributed by atoms with van der Waals surface area (Å²) in [6, 6.07) is 9.16. The first-order valence-corrected chi connectivity index (χ1v) is 8.64. The van der Waals surface area contributed by atoms with Crippen LogP contribution in [-0.2, 0) is 5.41 Å². The Morgan fingerprint density at radius 3 is 2.12 bits per heavy atom. The summed E-state index contributed by atoms with van der Waals surface area (Å²) in [5.74, 6) is 0.0133. The molecule has 0 spiro atoms. The van der Waals surface area contributed by atoms with Gasteiger partial charge in [0.05, 0.1) is 10.4 Å². The van der Waals surface area contributed by atoms with E-state index in [0.29, 0.717) is 32.9 Å². The van der Waals surface area contributed by atoms with Crippen molar-refractivity contribution in [3.63, 3.8) is 0 Å². The van der Waals surface area contributed by atoms with E-state index in [1.165, 1.54) is 0 Å². The zero-order valence-corrected chi connectivity index (χ0v) is 15.5. The predicted octanol–water partition coefficient (Wildman–Crippen LogP) is 6.75. The average Bonchev–Trinajstić information content (AvgIpc) is 2.95. The van der Waals surface area contributed by atoms with Crippen LogP contribution < -0.4 is 0 Å². The van der Waals surface area contributed by atoms with Crippen LogP contribution in [0.2, 0.25) is 10.0 Å². The minimum Gasteiger partial charge on any atom is -0.506 e. The number of aromatic hydroxyl groups is 2. The first-order chi connectivity index (χ1) is 11.7. The molecule has 0 saturated carbocycles. The van der Waals surface area contributed by atoms with Gasteiger partial charge in [0.25, 0.3) is 0 Å². The molecule has 0 radical (unpaired) electrons. The number of hydrogen-bond acceptors (Lipinski definition) is 3. The highest BCUT2D eigenvalue weighted by Gasteiger charge is 2.26. The summed E-state index contributed by atoms with van der Waals surface area (Å²) in [7, 11) is 0. The van der Waals surface area contributed by atoms with E-state index in [9.17, 15) is 10.2 Å². The maximum atomic E-state index is 10.5. The molecule has 0 bridgehead atoms. The van der Waals surface area contributed by atoms with Crippen molar-refractivity contribution in [2.45, 2.75) is 26.2 Å². The first kappa shape index (κ1) is 16.4. The minimum atomic E-state index is -0.323. The van der Waals surface area contributed by atoms with Gasteiger partial charge in [-0.1, -0.05) is 68.2 Å². The summed E-state index contributed by atoms with van der Waals surface area (Å²) in [6.07, 6.45) is 0. The normalized spacial score (nSPS) is 12.5. The zero-order chi connectivity index (χ0) is 18.1. The van der Waals surface area contributed by atoms with Gasteiger partial charge < -0.3 is 14.6 Å². The number of fused-ring (bicyclic) bond motifs is 5. The monoisotopic (exact) mass is 374 g/mol. The summed E-state index contributed by atoms with van der Waals surface area (Å²) in [5.41, 5.74) is 1.27. The molecule has 128 valence electrons. The van der Waals surface area contributed by atoms with Gasteiger partial charge in [0, 0.05) is 21.7 Å². The van der Waals surface area contributed by atoms with E-state index in [2.05, 4.69) is 0 Å². The molecule has 0 aliphatic heterocycles. The Morgan fingerprint density at radius 1 is 0.840 bits per heavy atom. The van der Waals surface area contributed by atoms with E-state index in [-0.39, 0.29) is 27.0 Å². The van der Waals surface area contributed by atoms with Crippen LogP contribution >= 0.6 is 23.2 Å². The molecule has 1 heterocycles. The molecule has 0 aliphatic rings.